The van der Waals surface area contributed by atoms with Gasteiger partial charge in [0.15, 0.2) is 5.76 Å². The maximum atomic E-state index is 13.8. The molecule has 0 spiro atoms. The Morgan fingerprint density at radius 3 is 2.71 bits per heavy atom. The first-order valence-electron chi connectivity index (χ1n) is 11.1. The summed E-state index contributed by atoms with van der Waals surface area (Å²) in [5, 5.41) is 11.6. The number of carbonyl (C=O) groups is 2. The molecule has 1 aliphatic heterocycles. The van der Waals surface area contributed by atoms with Crippen LogP contribution in [0.15, 0.2) is 78.6 Å². The molecule has 174 valence electrons. The van der Waals surface area contributed by atoms with Crippen molar-refractivity contribution in [3.05, 3.63) is 94.7 Å². The average Bonchev–Trinajstić information content (AvgIpc) is 3.36. The first-order chi connectivity index (χ1) is 16.5. The second-order valence-electron chi connectivity index (χ2n) is 7.96. The van der Waals surface area contributed by atoms with Crippen molar-refractivity contribution in [1.29, 1.82) is 0 Å². The number of aliphatic hydroxyl groups is 1. The number of ether oxygens (including phenoxy) is 1. The van der Waals surface area contributed by atoms with E-state index in [1.54, 1.807) is 30.0 Å². The van der Waals surface area contributed by atoms with Gasteiger partial charge in [0.2, 0.25) is 5.78 Å². The molecule has 4 rings (SSSR count). The molecule has 0 bridgehead atoms. The van der Waals surface area contributed by atoms with Gasteiger partial charge in [-0.1, -0.05) is 62.0 Å². The first-order valence-corrected chi connectivity index (χ1v) is 11.9. The summed E-state index contributed by atoms with van der Waals surface area (Å²) in [7, 11) is 0. The van der Waals surface area contributed by atoms with Crippen LogP contribution in [0.4, 0.5) is 0 Å². The molecule has 34 heavy (non-hydrogen) atoms. The van der Waals surface area contributed by atoms with Gasteiger partial charge in [-0.05, 0) is 31.0 Å². The zero-order valence-corrected chi connectivity index (χ0v) is 20.0. The van der Waals surface area contributed by atoms with E-state index in [1.807, 2.05) is 49.4 Å². The van der Waals surface area contributed by atoms with E-state index >= 15 is 0 Å². The second kappa shape index (κ2) is 10.1. The lowest BCUT2D eigenvalue weighted by Gasteiger charge is -2.26. The van der Waals surface area contributed by atoms with Gasteiger partial charge < -0.3 is 14.7 Å². The van der Waals surface area contributed by atoms with E-state index in [-0.39, 0.29) is 11.4 Å². The number of aromatic nitrogens is 1. The van der Waals surface area contributed by atoms with Gasteiger partial charge in [-0.25, -0.2) is 4.98 Å². The van der Waals surface area contributed by atoms with Crippen LogP contribution in [0.1, 0.15) is 40.3 Å². The van der Waals surface area contributed by atoms with Gasteiger partial charge in [0, 0.05) is 12.1 Å². The number of carbonyl (C=O) groups excluding carboxylic acids is 2. The topological polar surface area (TPSA) is 79.7 Å². The number of hydrogen-bond donors (Lipinski definition) is 1. The Bertz CT molecular complexity index is 1260. The summed E-state index contributed by atoms with van der Waals surface area (Å²) in [6.07, 6.45) is 2.33. The third-order valence-electron chi connectivity index (χ3n) is 5.58. The minimum atomic E-state index is -0.714. The van der Waals surface area contributed by atoms with E-state index in [9.17, 15) is 14.7 Å². The number of hydrogen-bond acceptors (Lipinski definition) is 6. The largest absolute Gasteiger partial charge is 0.503 e. The number of amides is 1. The number of aryl methyl sites for hydroxylation is 1. The highest BCUT2D eigenvalue weighted by molar-refractivity contribution is 7.17. The van der Waals surface area contributed by atoms with Crippen molar-refractivity contribution >= 4 is 23.0 Å². The lowest BCUT2D eigenvalue weighted by atomic mass is 9.95. The summed E-state index contributed by atoms with van der Waals surface area (Å²) >= 11 is 1.27. The van der Waals surface area contributed by atoms with Crippen LogP contribution in [-0.2, 0) is 4.79 Å². The normalized spacial score (nSPS) is 15.6. The third-order valence-corrected chi connectivity index (χ3v) is 6.78. The lowest BCUT2D eigenvalue weighted by Crippen LogP contribution is -2.31. The average molecular weight is 475 g/mol. The van der Waals surface area contributed by atoms with E-state index in [0.29, 0.717) is 46.5 Å². The summed E-state index contributed by atoms with van der Waals surface area (Å²) in [5.41, 5.74) is 2.25. The summed E-state index contributed by atoms with van der Waals surface area (Å²) in [6, 6.07) is 16.1. The molecule has 1 atom stereocenters. The maximum absolute atomic E-state index is 13.8. The molecule has 1 unspecified atom stereocenters. The van der Waals surface area contributed by atoms with Crippen molar-refractivity contribution in [3.63, 3.8) is 0 Å². The molecule has 1 aliphatic rings. The predicted octanol–water partition coefficient (Wildman–Crippen LogP) is 5.67. The molecule has 0 radical (unpaired) electrons. The van der Waals surface area contributed by atoms with E-state index in [0.717, 1.165) is 5.56 Å². The lowest BCUT2D eigenvalue weighted by molar-refractivity contribution is -0.129. The Morgan fingerprint density at radius 2 is 2.00 bits per heavy atom. The fourth-order valence-electron chi connectivity index (χ4n) is 4.07. The maximum Gasteiger partial charge on any atom is 0.290 e. The van der Waals surface area contributed by atoms with Gasteiger partial charge in [0.05, 0.1) is 22.2 Å². The van der Waals surface area contributed by atoms with Crippen LogP contribution >= 0.6 is 11.3 Å². The molecule has 2 heterocycles. The smallest absolute Gasteiger partial charge is 0.290 e. The molecule has 6 nitrogen and oxygen atoms in total. The molecule has 3 aromatic rings. The number of thiazole rings is 1. The van der Waals surface area contributed by atoms with E-state index in [1.165, 1.54) is 11.3 Å². The Morgan fingerprint density at radius 1 is 1.24 bits per heavy atom. The van der Waals surface area contributed by atoms with Crippen LogP contribution in [0, 0.1) is 6.92 Å². The van der Waals surface area contributed by atoms with Gasteiger partial charge in [0.1, 0.15) is 17.4 Å². The minimum absolute atomic E-state index is 0.0747. The van der Waals surface area contributed by atoms with E-state index < -0.39 is 17.7 Å². The second-order valence-corrected chi connectivity index (χ2v) is 8.96. The molecule has 7 heteroatoms. The van der Waals surface area contributed by atoms with E-state index in [4.69, 9.17) is 4.74 Å². The van der Waals surface area contributed by atoms with Gasteiger partial charge in [-0.15, -0.1) is 11.3 Å². The van der Waals surface area contributed by atoms with Gasteiger partial charge in [0.25, 0.3) is 5.91 Å². The van der Waals surface area contributed by atoms with Crippen LogP contribution in [0.5, 0.6) is 5.75 Å². The molecule has 0 fully saturated rings. The molecule has 0 saturated heterocycles. The summed E-state index contributed by atoms with van der Waals surface area (Å²) in [6.45, 7) is 8.12. The standard InChI is InChI=1S/C27H26N2O4S/c1-4-14-29-22(19-12-9-13-20(16-19)33-15-5-2)21(24(31)27(29)32)23(30)25-17(3)28-26(34-25)18-10-7-6-8-11-18/h5-13,16,22,31H,2,4,14-15H2,1,3H3. The molecule has 2 aromatic carbocycles. The van der Waals surface area contributed by atoms with Crippen molar-refractivity contribution in [2.24, 2.45) is 0 Å². The Labute approximate surface area is 202 Å². The highest BCUT2D eigenvalue weighted by atomic mass is 32.1. The number of aliphatic hydroxyl groups excluding tert-OH is 1. The number of nitrogens with zero attached hydrogens (tertiary/aromatic N) is 2. The highest BCUT2D eigenvalue weighted by Crippen LogP contribution is 2.41. The molecule has 0 aliphatic carbocycles. The van der Waals surface area contributed by atoms with Gasteiger partial charge in [-0.2, -0.15) is 0 Å². The predicted molar refractivity (Wildman–Crippen MR) is 133 cm³/mol. The Balaban J connectivity index is 1.77. The fraction of sp³-hybridized carbons (Fsp3) is 0.222. The van der Waals surface area contributed by atoms with Crippen LogP contribution in [0.3, 0.4) is 0 Å². The van der Waals surface area contributed by atoms with Crippen LogP contribution in [0.2, 0.25) is 0 Å². The first kappa shape index (κ1) is 23.4. The Kier molecular flexibility index (Phi) is 6.93. The SMILES string of the molecule is C=CCOc1cccc(C2C(C(=O)c3sc(-c4ccccc4)nc3C)=C(O)C(=O)N2CCC)c1. The molecule has 1 amide bonds. The zero-order valence-electron chi connectivity index (χ0n) is 19.2. The fourth-order valence-corrected chi connectivity index (χ4v) is 5.09. The van der Waals surface area contributed by atoms with Crippen LogP contribution < -0.4 is 4.74 Å². The molecule has 1 N–H and O–H groups in total. The molecular weight excluding hydrogens is 448 g/mol. The summed E-state index contributed by atoms with van der Waals surface area (Å²) in [4.78, 5) is 33.3. The summed E-state index contributed by atoms with van der Waals surface area (Å²) < 4.78 is 5.66. The number of rotatable bonds is 9. The van der Waals surface area contributed by atoms with Crippen molar-refractivity contribution in [2.45, 2.75) is 26.3 Å². The number of Topliss-reactive ketones (excluding diaryl/α,β-unsaturated/α-hetero) is 1. The van der Waals surface area contributed by atoms with Crippen molar-refractivity contribution in [2.75, 3.05) is 13.2 Å². The molecule has 1 aromatic heterocycles. The number of ketones is 1. The minimum Gasteiger partial charge on any atom is -0.503 e. The zero-order chi connectivity index (χ0) is 24.2. The van der Waals surface area contributed by atoms with Crippen LogP contribution in [0.25, 0.3) is 10.6 Å². The number of benzene rings is 2. The van der Waals surface area contributed by atoms with Gasteiger partial charge in [-0.3, -0.25) is 9.59 Å². The quantitative estimate of drug-likeness (QED) is 0.319. The van der Waals surface area contributed by atoms with Crippen molar-refractivity contribution in [3.8, 4) is 16.3 Å². The van der Waals surface area contributed by atoms with Crippen LogP contribution in [-0.4, -0.2) is 39.8 Å². The Hall–Kier alpha value is -3.71. The highest BCUT2D eigenvalue weighted by Gasteiger charge is 2.44. The van der Waals surface area contributed by atoms with Gasteiger partial charge >= 0.3 is 0 Å². The monoisotopic (exact) mass is 474 g/mol. The molecular formula is C27H26N2O4S. The summed E-state index contributed by atoms with van der Waals surface area (Å²) in [5.74, 6) is -0.836. The van der Waals surface area contributed by atoms with E-state index in [2.05, 4.69) is 11.6 Å². The van der Waals surface area contributed by atoms with Crippen molar-refractivity contribution < 1.29 is 19.4 Å². The van der Waals surface area contributed by atoms with Crippen molar-refractivity contribution in [1.82, 2.24) is 9.88 Å². The molecule has 0 saturated carbocycles. The third kappa shape index (κ3) is 4.39.